The smallest absolute Gasteiger partial charge is 0.137 e. The van der Waals surface area contributed by atoms with E-state index in [4.69, 9.17) is 5.84 Å². The summed E-state index contributed by atoms with van der Waals surface area (Å²) in [5.74, 6) is 5.35. The number of hydrogen-bond acceptors (Lipinski definition) is 2. The molecule has 0 saturated carbocycles. The maximum absolute atomic E-state index is 13.5. The normalized spacial score (nSPS) is 12.4. The van der Waals surface area contributed by atoms with Crippen LogP contribution in [0.5, 0.6) is 0 Å². The number of rotatable bonds is 5. The zero-order valence-corrected chi connectivity index (χ0v) is 12.0. The molecule has 0 aromatic heterocycles. The molecule has 1 unspecified atom stereocenters. The zero-order chi connectivity index (χ0) is 13.7. The Kier molecular flexibility index (Phi) is 5.07. The van der Waals surface area contributed by atoms with Crippen LogP contribution in [0.15, 0.2) is 53.0 Å². The van der Waals surface area contributed by atoms with Crippen LogP contribution in [-0.4, -0.2) is 6.04 Å². The lowest BCUT2D eigenvalue weighted by atomic mass is 9.99. The van der Waals surface area contributed by atoms with Crippen LogP contribution in [-0.2, 0) is 12.8 Å². The molecule has 0 bridgehead atoms. The van der Waals surface area contributed by atoms with E-state index < -0.39 is 0 Å². The molecule has 2 nitrogen and oxygen atoms in total. The highest BCUT2D eigenvalue weighted by Gasteiger charge is 2.12. The molecule has 0 aliphatic rings. The lowest BCUT2D eigenvalue weighted by Crippen LogP contribution is -2.38. The van der Waals surface area contributed by atoms with E-state index in [-0.39, 0.29) is 11.9 Å². The van der Waals surface area contributed by atoms with E-state index in [1.54, 1.807) is 6.07 Å². The van der Waals surface area contributed by atoms with Gasteiger partial charge in [-0.15, -0.1) is 0 Å². The SMILES string of the molecule is NNC(Cc1ccccc1)Cc1cccc(F)c1Br. The third-order valence-electron chi connectivity index (χ3n) is 3.06. The molecular formula is C15H16BrFN2. The van der Waals surface area contributed by atoms with Crippen molar-refractivity contribution in [2.45, 2.75) is 18.9 Å². The van der Waals surface area contributed by atoms with E-state index >= 15 is 0 Å². The number of benzene rings is 2. The van der Waals surface area contributed by atoms with Crippen molar-refractivity contribution in [3.05, 3.63) is 69.9 Å². The minimum atomic E-state index is -0.243. The molecule has 0 radical (unpaired) electrons. The molecule has 0 aliphatic heterocycles. The molecule has 1 atom stereocenters. The Morgan fingerprint density at radius 2 is 1.79 bits per heavy atom. The standard InChI is InChI=1S/C15H16BrFN2/c16-15-12(7-4-8-14(15)17)10-13(19-18)9-11-5-2-1-3-6-11/h1-8,13,19H,9-10,18H2. The first-order chi connectivity index (χ1) is 9.20. The fraction of sp³-hybridized carbons (Fsp3) is 0.200. The summed E-state index contributed by atoms with van der Waals surface area (Å²) in [6.07, 6.45) is 1.48. The maximum Gasteiger partial charge on any atom is 0.137 e. The van der Waals surface area contributed by atoms with Gasteiger partial charge in [-0.2, -0.15) is 0 Å². The summed E-state index contributed by atoms with van der Waals surface area (Å²) in [6, 6.07) is 15.2. The summed E-state index contributed by atoms with van der Waals surface area (Å²) in [6.45, 7) is 0. The summed E-state index contributed by atoms with van der Waals surface area (Å²) >= 11 is 3.28. The summed E-state index contributed by atoms with van der Waals surface area (Å²) in [5.41, 5.74) is 4.92. The molecule has 100 valence electrons. The van der Waals surface area contributed by atoms with Gasteiger partial charge in [0, 0.05) is 6.04 Å². The lowest BCUT2D eigenvalue weighted by Gasteiger charge is -2.17. The van der Waals surface area contributed by atoms with Crippen LogP contribution < -0.4 is 11.3 Å². The second-order valence-corrected chi connectivity index (χ2v) is 5.26. The van der Waals surface area contributed by atoms with Crippen LogP contribution in [0.2, 0.25) is 0 Å². The molecule has 2 rings (SSSR count). The molecule has 0 fully saturated rings. The molecule has 4 heteroatoms. The Morgan fingerprint density at radius 3 is 2.47 bits per heavy atom. The molecule has 0 spiro atoms. The highest BCUT2D eigenvalue weighted by atomic mass is 79.9. The van der Waals surface area contributed by atoms with Gasteiger partial charge in [0.05, 0.1) is 4.47 Å². The molecule has 0 saturated heterocycles. The Hall–Kier alpha value is -1.23. The van der Waals surface area contributed by atoms with Crippen molar-refractivity contribution in [3.63, 3.8) is 0 Å². The van der Waals surface area contributed by atoms with Crippen molar-refractivity contribution in [2.24, 2.45) is 5.84 Å². The van der Waals surface area contributed by atoms with E-state index in [1.165, 1.54) is 11.6 Å². The quantitative estimate of drug-likeness (QED) is 0.655. The van der Waals surface area contributed by atoms with Crippen molar-refractivity contribution in [1.29, 1.82) is 0 Å². The fourth-order valence-corrected chi connectivity index (χ4v) is 2.49. The topological polar surface area (TPSA) is 38.0 Å². The Labute approximate surface area is 120 Å². The van der Waals surface area contributed by atoms with E-state index in [0.29, 0.717) is 10.9 Å². The third-order valence-corrected chi connectivity index (χ3v) is 3.95. The number of nitrogens with two attached hydrogens (primary N) is 1. The van der Waals surface area contributed by atoms with Gasteiger partial charge in [-0.25, -0.2) is 4.39 Å². The zero-order valence-electron chi connectivity index (χ0n) is 10.4. The highest BCUT2D eigenvalue weighted by molar-refractivity contribution is 9.10. The van der Waals surface area contributed by atoms with E-state index in [9.17, 15) is 4.39 Å². The number of halogens is 2. The monoisotopic (exact) mass is 322 g/mol. The van der Waals surface area contributed by atoms with Crippen molar-refractivity contribution >= 4 is 15.9 Å². The third kappa shape index (κ3) is 3.86. The largest absolute Gasteiger partial charge is 0.271 e. The van der Waals surface area contributed by atoms with Crippen LogP contribution in [0.4, 0.5) is 4.39 Å². The lowest BCUT2D eigenvalue weighted by molar-refractivity contribution is 0.519. The van der Waals surface area contributed by atoms with Gasteiger partial charge in [-0.3, -0.25) is 11.3 Å². The molecule has 0 amide bonds. The van der Waals surface area contributed by atoms with Crippen molar-refractivity contribution < 1.29 is 4.39 Å². The predicted molar refractivity (Wildman–Crippen MR) is 79.1 cm³/mol. The molecule has 2 aromatic carbocycles. The molecular weight excluding hydrogens is 307 g/mol. The minimum absolute atomic E-state index is 0.0699. The second-order valence-electron chi connectivity index (χ2n) is 4.47. The van der Waals surface area contributed by atoms with Gasteiger partial charge in [-0.1, -0.05) is 42.5 Å². The molecule has 3 N–H and O–H groups in total. The number of hydrogen-bond donors (Lipinski definition) is 2. The van der Waals surface area contributed by atoms with E-state index in [2.05, 4.69) is 33.5 Å². The van der Waals surface area contributed by atoms with Gasteiger partial charge >= 0.3 is 0 Å². The molecule has 0 heterocycles. The fourth-order valence-electron chi connectivity index (χ4n) is 2.06. The van der Waals surface area contributed by atoms with Crippen molar-refractivity contribution in [3.8, 4) is 0 Å². The number of hydrazine groups is 1. The summed E-state index contributed by atoms with van der Waals surface area (Å²) < 4.78 is 14.0. The maximum atomic E-state index is 13.5. The molecule has 19 heavy (non-hydrogen) atoms. The first-order valence-corrected chi connectivity index (χ1v) is 6.93. The predicted octanol–water partition coefficient (Wildman–Crippen LogP) is 3.21. The Bertz CT molecular complexity index is 531. The van der Waals surface area contributed by atoms with Gasteiger partial charge in [0.1, 0.15) is 5.82 Å². The van der Waals surface area contributed by atoms with Gasteiger partial charge in [0.15, 0.2) is 0 Å². The van der Waals surface area contributed by atoms with Crippen LogP contribution in [0.3, 0.4) is 0 Å². The Balaban J connectivity index is 2.09. The number of nitrogens with one attached hydrogen (secondary N) is 1. The Morgan fingerprint density at radius 1 is 1.05 bits per heavy atom. The molecule has 0 aliphatic carbocycles. The average Bonchev–Trinajstić information content (AvgIpc) is 2.44. The van der Waals surface area contributed by atoms with Crippen LogP contribution in [0, 0.1) is 5.82 Å². The summed E-state index contributed by atoms with van der Waals surface area (Å²) in [7, 11) is 0. The van der Waals surface area contributed by atoms with Gasteiger partial charge in [-0.05, 0) is 46.0 Å². The van der Waals surface area contributed by atoms with E-state index in [1.807, 2.05) is 24.3 Å². The molecule has 2 aromatic rings. The van der Waals surface area contributed by atoms with E-state index in [0.717, 1.165) is 12.0 Å². The first kappa shape index (κ1) is 14.2. The second kappa shape index (κ2) is 6.80. The first-order valence-electron chi connectivity index (χ1n) is 6.13. The van der Waals surface area contributed by atoms with Gasteiger partial charge < -0.3 is 0 Å². The van der Waals surface area contributed by atoms with Crippen molar-refractivity contribution in [2.75, 3.05) is 0 Å². The summed E-state index contributed by atoms with van der Waals surface area (Å²) in [5, 5.41) is 0. The van der Waals surface area contributed by atoms with Crippen LogP contribution in [0.1, 0.15) is 11.1 Å². The average molecular weight is 323 g/mol. The highest BCUT2D eigenvalue weighted by Crippen LogP contribution is 2.22. The summed E-state index contributed by atoms with van der Waals surface area (Å²) in [4.78, 5) is 0. The van der Waals surface area contributed by atoms with Gasteiger partial charge in [0.2, 0.25) is 0 Å². The van der Waals surface area contributed by atoms with Gasteiger partial charge in [0.25, 0.3) is 0 Å². The minimum Gasteiger partial charge on any atom is -0.271 e. The van der Waals surface area contributed by atoms with Crippen molar-refractivity contribution in [1.82, 2.24) is 5.43 Å². The van der Waals surface area contributed by atoms with Crippen LogP contribution in [0.25, 0.3) is 0 Å². The van der Waals surface area contributed by atoms with Crippen LogP contribution >= 0.6 is 15.9 Å².